The van der Waals surface area contributed by atoms with Gasteiger partial charge in [0.05, 0.1) is 12.6 Å². The average Bonchev–Trinajstić information content (AvgIpc) is 3.21. The van der Waals surface area contributed by atoms with Crippen LogP contribution in [0.3, 0.4) is 0 Å². The van der Waals surface area contributed by atoms with E-state index in [1.807, 2.05) is 36.4 Å². The van der Waals surface area contributed by atoms with Gasteiger partial charge in [0, 0.05) is 26.2 Å². The number of nitrogens with zero attached hydrogens (tertiary/aromatic N) is 3. The first-order valence-electron chi connectivity index (χ1n) is 9.32. The molecule has 1 fully saturated rings. The van der Waals surface area contributed by atoms with E-state index in [0.717, 1.165) is 11.3 Å². The Kier molecular flexibility index (Phi) is 5.31. The van der Waals surface area contributed by atoms with Crippen molar-refractivity contribution in [1.29, 1.82) is 5.26 Å². The molecule has 0 radical (unpaired) electrons. The summed E-state index contributed by atoms with van der Waals surface area (Å²) >= 11 is 0. The van der Waals surface area contributed by atoms with Crippen LogP contribution in [0.4, 0.5) is 4.79 Å². The van der Waals surface area contributed by atoms with Crippen LogP contribution in [0, 0.1) is 11.3 Å². The molecule has 0 bridgehead atoms. The zero-order chi connectivity index (χ0) is 19.3. The summed E-state index contributed by atoms with van der Waals surface area (Å²) in [5, 5.41) is 12.5. The van der Waals surface area contributed by atoms with Crippen LogP contribution in [-0.4, -0.2) is 48.3 Å². The van der Waals surface area contributed by atoms with Crippen molar-refractivity contribution in [3.63, 3.8) is 0 Å². The highest BCUT2D eigenvalue weighted by Gasteiger charge is 2.29. The SMILES string of the molecule is N#CC1CN(C(=O)NCc2ccc3c(c2)OCO3)CCN1Cc1ccccc1. The van der Waals surface area contributed by atoms with Gasteiger partial charge in [-0.2, -0.15) is 5.26 Å². The minimum atomic E-state index is -0.315. The molecule has 2 heterocycles. The molecule has 0 saturated carbocycles. The standard InChI is InChI=1S/C21H22N4O3/c22-11-18-14-25(9-8-24(18)13-16-4-2-1-3-5-16)21(26)23-12-17-6-7-19-20(10-17)28-15-27-19/h1-7,10,18H,8-9,12-15H2,(H,23,26). The Hall–Kier alpha value is -3.24. The monoisotopic (exact) mass is 378 g/mol. The van der Waals surface area contributed by atoms with E-state index in [1.54, 1.807) is 4.90 Å². The molecule has 2 aromatic carbocycles. The molecule has 1 atom stereocenters. The summed E-state index contributed by atoms with van der Waals surface area (Å²) in [5.41, 5.74) is 2.11. The van der Waals surface area contributed by atoms with Crippen LogP contribution >= 0.6 is 0 Å². The van der Waals surface area contributed by atoms with Crippen molar-refractivity contribution in [3.8, 4) is 17.6 Å². The predicted molar refractivity (Wildman–Crippen MR) is 103 cm³/mol. The molecule has 1 unspecified atom stereocenters. The summed E-state index contributed by atoms with van der Waals surface area (Å²) in [7, 11) is 0. The van der Waals surface area contributed by atoms with E-state index in [9.17, 15) is 10.1 Å². The largest absolute Gasteiger partial charge is 0.454 e. The van der Waals surface area contributed by atoms with Gasteiger partial charge < -0.3 is 19.7 Å². The summed E-state index contributed by atoms with van der Waals surface area (Å²) in [5.74, 6) is 1.42. The molecule has 1 N–H and O–H groups in total. The van der Waals surface area contributed by atoms with Crippen molar-refractivity contribution in [3.05, 3.63) is 59.7 Å². The number of nitrogens with one attached hydrogen (secondary N) is 1. The van der Waals surface area contributed by atoms with E-state index >= 15 is 0 Å². The zero-order valence-electron chi connectivity index (χ0n) is 15.5. The van der Waals surface area contributed by atoms with Gasteiger partial charge in [-0.1, -0.05) is 36.4 Å². The number of hydrogen-bond acceptors (Lipinski definition) is 5. The van der Waals surface area contributed by atoms with Gasteiger partial charge in [-0.3, -0.25) is 4.90 Å². The maximum Gasteiger partial charge on any atom is 0.317 e. The number of piperazine rings is 1. The smallest absolute Gasteiger partial charge is 0.317 e. The van der Waals surface area contributed by atoms with Crippen LogP contribution < -0.4 is 14.8 Å². The van der Waals surface area contributed by atoms with Crippen LogP contribution in [0.5, 0.6) is 11.5 Å². The number of urea groups is 1. The van der Waals surface area contributed by atoms with E-state index in [0.29, 0.717) is 38.5 Å². The molecule has 0 spiro atoms. The fourth-order valence-electron chi connectivity index (χ4n) is 3.48. The Balaban J connectivity index is 1.31. The molecule has 28 heavy (non-hydrogen) atoms. The van der Waals surface area contributed by atoms with Crippen molar-refractivity contribution in [2.45, 2.75) is 19.1 Å². The van der Waals surface area contributed by atoms with Crippen molar-refractivity contribution >= 4 is 6.03 Å². The molecule has 2 aromatic rings. The first-order valence-corrected chi connectivity index (χ1v) is 9.32. The molecular weight excluding hydrogens is 356 g/mol. The van der Waals surface area contributed by atoms with Crippen LogP contribution in [0.2, 0.25) is 0 Å². The van der Waals surface area contributed by atoms with Crippen molar-refractivity contribution in [2.75, 3.05) is 26.4 Å². The maximum atomic E-state index is 12.6. The molecule has 2 aliphatic rings. The molecule has 7 nitrogen and oxygen atoms in total. The van der Waals surface area contributed by atoms with Crippen LogP contribution in [0.15, 0.2) is 48.5 Å². The highest BCUT2D eigenvalue weighted by atomic mass is 16.7. The average molecular weight is 378 g/mol. The highest BCUT2D eigenvalue weighted by Crippen LogP contribution is 2.32. The summed E-state index contributed by atoms with van der Waals surface area (Å²) in [6.07, 6.45) is 0. The second-order valence-electron chi connectivity index (χ2n) is 6.89. The Morgan fingerprint density at radius 1 is 1.11 bits per heavy atom. The molecule has 0 aromatic heterocycles. The lowest BCUT2D eigenvalue weighted by Gasteiger charge is -2.38. The molecular formula is C21H22N4O3. The second kappa shape index (κ2) is 8.19. The minimum absolute atomic E-state index is 0.155. The number of rotatable bonds is 4. The number of benzene rings is 2. The van der Waals surface area contributed by atoms with Gasteiger partial charge >= 0.3 is 6.03 Å². The third-order valence-electron chi connectivity index (χ3n) is 5.04. The van der Waals surface area contributed by atoms with Gasteiger partial charge in [0.1, 0.15) is 6.04 Å². The quantitative estimate of drug-likeness (QED) is 0.884. The molecule has 144 valence electrons. The summed E-state index contributed by atoms with van der Waals surface area (Å²) in [4.78, 5) is 16.4. The Bertz CT molecular complexity index is 881. The normalized spacial score (nSPS) is 18.5. The van der Waals surface area contributed by atoms with Gasteiger partial charge in [-0.25, -0.2) is 4.79 Å². The molecule has 0 aliphatic carbocycles. The van der Waals surface area contributed by atoms with E-state index in [4.69, 9.17) is 9.47 Å². The lowest BCUT2D eigenvalue weighted by atomic mass is 10.1. The van der Waals surface area contributed by atoms with E-state index in [2.05, 4.69) is 28.4 Å². The Labute approximate surface area is 164 Å². The van der Waals surface area contributed by atoms with Crippen molar-refractivity contribution in [2.24, 2.45) is 0 Å². The first kappa shape index (κ1) is 18.1. The van der Waals surface area contributed by atoms with Gasteiger partial charge in [0.15, 0.2) is 11.5 Å². The molecule has 7 heteroatoms. The number of amides is 2. The topological polar surface area (TPSA) is 77.8 Å². The molecule has 4 rings (SSSR count). The summed E-state index contributed by atoms with van der Waals surface area (Å²) in [6, 6.07) is 17.6. The molecule has 2 aliphatic heterocycles. The summed E-state index contributed by atoms with van der Waals surface area (Å²) in [6.45, 7) is 3.01. The third-order valence-corrected chi connectivity index (χ3v) is 5.04. The van der Waals surface area contributed by atoms with E-state index < -0.39 is 0 Å². The number of carbonyl (C=O) groups excluding carboxylic acids is 1. The fraction of sp³-hybridized carbons (Fsp3) is 0.333. The number of carbonyl (C=O) groups is 1. The summed E-state index contributed by atoms with van der Waals surface area (Å²) < 4.78 is 10.7. The van der Waals surface area contributed by atoms with Gasteiger partial charge in [-0.05, 0) is 23.3 Å². The number of ether oxygens (including phenoxy) is 2. The van der Waals surface area contributed by atoms with Crippen LogP contribution in [-0.2, 0) is 13.1 Å². The van der Waals surface area contributed by atoms with Gasteiger partial charge in [0.25, 0.3) is 0 Å². The number of nitriles is 1. The Morgan fingerprint density at radius 2 is 1.93 bits per heavy atom. The van der Waals surface area contributed by atoms with Crippen LogP contribution in [0.1, 0.15) is 11.1 Å². The van der Waals surface area contributed by atoms with E-state index in [-0.39, 0.29) is 18.9 Å². The lowest BCUT2D eigenvalue weighted by molar-refractivity contribution is 0.108. The van der Waals surface area contributed by atoms with Gasteiger partial charge in [0.2, 0.25) is 6.79 Å². The molecule has 1 saturated heterocycles. The number of fused-ring (bicyclic) bond motifs is 1. The van der Waals surface area contributed by atoms with E-state index in [1.165, 1.54) is 5.56 Å². The molecule has 2 amide bonds. The van der Waals surface area contributed by atoms with Crippen molar-refractivity contribution < 1.29 is 14.3 Å². The van der Waals surface area contributed by atoms with Crippen LogP contribution in [0.25, 0.3) is 0 Å². The zero-order valence-corrected chi connectivity index (χ0v) is 15.5. The highest BCUT2D eigenvalue weighted by molar-refractivity contribution is 5.74. The Morgan fingerprint density at radius 3 is 2.75 bits per heavy atom. The number of hydrogen-bond donors (Lipinski definition) is 1. The maximum absolute atomic E-state index is 12.6. The third kappa shape index (κ3) is 4.02. The fourth-order valence-corrected chi connectivity index (χ4v) is 3.48. The van der Waals surface area contributed by atoms with Gasteiger partial charge in [-0.15, -0.1) is 0 Å². The van der Waals surface area contributed by atoms with Crippen molar-refractivity contribution in [1.82, 2.24) is 15.1 Å². The predicted octanol–water partition coefficient (Wildman–Crippen LogP) is 2.33. The lowest BCUT2D eigenvalue weighted by Crippen LogP contribution is -2.55. The second-order valence-corrected chi connectivity index (χ2v) is 6.89. The minimum Gasteiger partial charge on any atom is -0.454 e. The first-order chi connectivity index (χ1) is 13.7.